The van der Waals surface area contributed by atoms with Crippen LogP contribution in [-0.4, -0.2) is 15.0 Å². The Kier molecular flexibility index (Phi) is 2.14. The summed E-state index contributed by atoms with van der Waals surface area (Å²) < 4.78 is 2.59. The minimum absolute atomic E-state index is 0.858. The maximum atomic E-state index is 3.94. The molecule has 0 unspecified atom stereocenters. The predicted octanol–water partition coefficient (Wildman–Crippen LogP) is 2.34. The molecule has 0 bridgehead atoms. The van der Waals surface area contributed by atoms with Crippen molar-refractivity contribution >= 4 is 15.9 Å². The van der Waals surface area contributed by atoms with E-state index < -0.39 is 0 Å². The molecule has 2 rings (SSSR count). The summed E-state index contributed by atoms with van der Waals surface area (Å²) in [5.41, 5.74) is 2.25. The first-order valence-electron chi connectivity index (χ1n) is 3.90. The molecule has 0 spiro atoms. The molecular weight excluding hydrogens is 230 g/mol. The standard InChI is InChI=1S/C9H8BrN3/c1-7-2-4-8(5-3-7)13-9(10)6-11-12-13/h2-6H,1H3. The summed E-state index contributed by atoms with van der Waals surface area (Å²) in [6, 6.07) is 8.11. The molecule has 13 heavy (non-hydrogen) atoms. The monoisotopic (exact) mass is 237 g/mol. The van der Waals surface area contributed by atoms with Crippen LogP contribution in [0.25, 0.3) is 5.69 Å². The third-order valence-corrected chi connectivity index (χ3v) is 2.33. The lowest BCUT2D eigenvalue weighted by atomic mass is 10.2. The smallest absolute Gasteiger partial charge is 0.130 e. The Hall–Kier alpha value is -1.16. The van der Waals surface area contributed by atoms with Crippen molar-refractivity contribution in [1.29, 1.82) is 0 Å². The van der Waals surface area contributed by atoms with Gasteiger partial charge < -0.3 is 0 Å². The Bertz CT molecular complexity index is 405. The molecule has 4 heteroatoms. The molecule has 0 saturated carbocycles. The number of aryl methyl sites for hydroxylation is 1. The van der Waals surface area contributed by atoms with Crippen molar-refractivity contribution in [3.63, 3.8) is 0 Å². The summed E-state index contributed by atoms with van der Waals surface area (Å²) >= 11 is 3.36. The molecule has 0 amide bonds. The van der Waals surface area contributed by atoms with Gasteiger partial charge in [-0.25, -0.2) is 4.68 Å². The van der Waals surface area contributed by atoms with E-state index in [2.05, 4.69) is 33.2 Å². The van der Waals surface area contributed by atoms with Crippen LogP contribution in [0.4, 0.5) is 0 Å². The van der Waals surface area contributed by atoms with Crippen molar-refractivity contribution in [2.75, 3.05) is 0 Å². The summed E-state index contributed by atoms with van der Waals surface area (Å²) in [5, 5.41) is 7.72. The number of nitrogens with zero attached hydrogens (tertiary/aromatic N) is 3. The van der Waals surface area contributed by atoms with E-state index in [0.29, 0.717) is 0 Å². The molecule has 0 fully saturated rings. The normalized spacial score (nSPS) is 10.3. The van der Waals surface area contributed by atoms with Gasteiger partial charge >= 0.3 is 0 Å². The average molecular weight is 238 g/mol. The second kappa shape index (κ2) is 3.30. The largest absolute Gasteiger partial charge is 0.206 e. The lowest BCUT2D eigenvalue weighted by Gasteiger charge is -2.01. The van der Waals surface area contributed by atoms with Crippen LogP contribution < -0.4 is 0 Å². The minimum Gasteiger partial charge on any atom is -0.206 e. The first kappa shape index (κ1) is 8.44. The Morgan fingerprint density at radius 1 is 1.23 bits per heavy atom. The first-order valence-corrected chi connectivity index (χ1v) is 4.70. The molecule has 1 heterocycles. The third-order valence-electron chi connectivity index (χ3n) is 1.79. The summed E-state index contributed by atoms with van der Waals surface area (Å²) in [6.07, 6.45) is 1.67. The Morgan fingerprint density at radius 2 is 1.92 bits per heavy atom. The first-order chi connectivity index (χ1) is 6.27. The van der Waals surface area contributed by atoms with Gasteiger partial charge in [-0.2, -0.15) is 0 Å². The van der Waals surface area contributed by atoms with Gasteiger partial charge in [-0.1, -0.05) is 22.9 Å². The van der Waals surface area contributed by atoms with E-state index in [1.165, 1.54) is 5.56 Å². The number of hydrogen-bond donors (Lipinski definition) is 0. The number of aromatic nitrogens is 3. The summed E-state index contributed by atoms with van der Waals surface area (Å²) in [6.45, 7) is 2.06. The zero-order valence-corrected chi connectivity index (χ0v) is 8.69. The lowest BCUT2D eigenvalue weighted by Crippen LogP contribution is -1.96. The van der Waals surface area contributed by atoms with Crippen LogP contribution in [0.2, 0.25) is 0 Å². The van der Waals surface area contributed by atoms with Gasteiger partial charge in [-0.15, -0.1) is 5.10 Å². The quantitative estimate of drug-likeness (QED) is 0.763. The van der Waals surface area contributed by atoms with Crippen LogP contribution in [0.15, 0.2) is 35.1 Å². The number of hydrogen-bond acceptors (Lipinski definition) is 2. The second-order valence-electron chi connectivity index (χ2n) is 2.80. The van der Waals surface area contributed by atoms with Crippen LogP contribution in [-0.2, 0) is 0 Å². The van der Waals surface area contributed by atoms with Crippen LogP contribution in [0.1, 0.15) is 5.56 Å². The van der Waals surface area contributed by atoms with E-state index in [4.69, 9.17) is 0 Å². The lowest BCUT2D eigenvalue weighted by molar-refractivity contribution is 0.792. The minimum atomic E-state index is 0.858. The van der Waals surface area contributed by atoms with Gasteiger partial charge in [-0.3, -0.25) is 0 Å². The summed E-state index contributed by atoms with van der Waals surface area (Å²) in [4.78, 5) is 0. The molecule has 0 radical (unpaired) electrons. The van der Waals surface area contributed by atoms with Crippen LogP contribution in [0.5, 0.6) is 0 Å². The number of halogens is 1. The van der Waals surface area contributed by atoms with Gasteiger partial charge in [0.25, 0.3) is 0 Å². The second-order valence-corrected chi connectivity index (χ2v) is 3.62. The highest BCUT2D eigenvalue weighted by Gasteiger charge is 2.01. The molecular formula is C9H8BrN3. The van der Waals surface area contributed by atoms with Crippen molar-refractivity contribution in [2.24, 2.45) is 0 Å². The van der Waals surface area contributed by atoms with Crippen LogP contribution >= 0.6 is 15.9 Å². The Balaban J connectivity index is 2.47. The molecule has 0 aliphatic rings. The van der Waals surface area contributed by atoms with E-state index in [-0.39, 0.29) is 0 Å². The SMILES string of the molecule is Cc1ccc(-n2nncc2Br)cc1. The highest BCUT2D eigenvalue weighted by atomic mass is 79.9. The highest BCUT2D eigenvalue weighted by molar-refractivity contribution is 9.10. The fourth-order valence-corrected chi connectivity index (χ4v) is 1.45. The third kappa shape index (κ3) is 1.62. The average Bonchev–Trinajstić information content (AvgIpc) is 2.53. The Morgan fingerprint density at radius 3 is 2.46 bits per heavy atom. The van der Waals surface area contributed by atoms with E-state index >= 15 is 0 Å². The molecule has 0 aliphatic carbocycles. The van der Waals surface area contributed by atoms with Crippen LogP contribution in [0, 0.1) is 6.92 Å². The summed E-state index contributed by atoms with van der Waals surface area (Å²) in [5.74, 6) is 0. The Labute approximate surface area is 84.5 Å². The van der Waals surface area contributed by atoms with Crippen molar-refractivity contribution in [3.8, 4) is 5.69 Å². The van der Waals surface area contributed by atoms with Gasteiger partial charge in [0.1, 0.15) is 4.60 Å². The molecule has 0 saturated heterocycles. The number of benzene rings is 1. The zero-order chi connectivity index (χ0) is 9.26. The van der Waals surface area contributed by atoms with Crippen molar-refractivity contribution < 1.29 is 0 Å². The van der Waals surface area contributed by atoms with E-state index in [9.17, 15) is 0 Å². The van der Waals surface area contributed by atoms with Gasteiger partial charge in [0, 0.05) is 0 Å². The zero-order valence-electron chi connectivity index (χ0n) is 7.11. The fourth-order valence-electron chi connectivity index (χ4n) is 1.08. The maximum absolute atomic E-state index is 3.94. The van der Waals surface area contributed by atoms with Gasteiger partial charge in [0.2, 0.25) is 0 Å². The highest BCUT2D eigenvalue weighted by Crippen LogP contribution is 2.14. The van der Waals surface area contributed by atoms with Crippen molar-refractivity contribution in [2.45, 2.75) is 6.92 Å². The molecule has 1 aromatic carbocycles. The summed E-state index contributed by atoms with van der Waals surface area (Å²) in [7, 11) is 0. The van der Waals surface area contributed by atoms with Gasteiger partial charge in [0.15, 0.2) is 0 Å². The molecule has 66 valence electrons. The fraction of sp³-hybridized carbons (Fsp3) is 0.111. The van der Waals surface area contributed by atoms with E-state index in [1.54, 1.807) is 10.9 Å². The number of rotatable bonds is 1. The molecule has 3 nitrogen and oxygen atoms in total. The topological polar surface area (TPSA) is 30.7 Å². The molecule has 0 atom stereocenters. The van der Waals surface area contributed by atoms with E-state index in [1.807, 2.05) is 24.3 Å². The molecule has 1 aromatic heterocycles. The van der Waals surface area contributed by atoms with Gasteiger partial charge in [-0.05, 0) is 35.0 Å². The van der Waals surface area contributed by atoms with Crippen molar-refractivity contribution in [3.05, 3.63) is 40.6 Å². The van der Waals surface area contributed by atoms with E-state index in [0.717, 1.165) is 10.3 Å². The molecule has 0 N–H and O–H groups in total. The molecule has 0 aliphatic heterocycles. The molecule has 2 aromatic rings. The van der Waals surface area contributed by atoms with Gasteiger partial charge in [0.05, 0.1) is 11.9 Å². The maximum Gasteiger partial charge on any atom is 0.130 e. The van der Waals surface area contributed by atoms with Crippen LogP contribution in [0.3, 0.4) is 0 Å². The van der Waals surface area contributed by atoms with Crippen molar-refractivity contribution in [1.82, 2.24) is 15.0 Å². The predicted molar refractivity (Wildman–Crippen MR) is 53.8 cm³/mol.